The summed E-state index contributed by atoms with van der Waals surface area (Å²) in [7, 11) is 0. The van der Waals surface area contributed by atoms with Crippen molar-refractivity contribution in [2.24, 2.45) is 0 Å². The van der Waals surface area contributed by atoms with Gasteiger partial charge in [-0.05, 0) is 43.3 Å². The van der Waals surface area contributed by atoms with Crippen molar-refractivity contribution in [3.8, 4) is 11.8 Å². The highest BCUT2D eigenvalue weighted by molar-refractivity contribution is 8.01. The van der Waals surface area contributed by atoms with Gasteiger partial charge in [-0.15, -0.1) is 5.10 Å². The Morgan fingerprint density at radius 2 is 1.92 bits per heavy atom. The van der Waals surface area contributed by atoms with Gasteiger partial charge in [-0.3, -0.25) is 0 Å². The van der Waals surface area contributed by atoms with Gasteiger partial charge in [-0.2, -0.15) is 5.26 Å². The van der Waals surface area contributed by atoms with Crippen LogP contribution in [0.1, 0.15) is 11.1 Å². The Bertz CT molecular complexity index is 905. The molecule has 0 amide bonds. The van der Waals surface area contributed by atoms with E-state index in [0.717, 1.165) is 15.6 Å². The van der Waals surface area contributed by atoms with E-state index < -0.39 is 0 Å². The second kappa shape index (κ2) is 7.75. The Morgan fingerprint density at radius 1 is 1.21 bits per heavy atom. The Kier molecular flexibility index (Phi) is 5.46. The van der Waals surface area contributed by atoms with Crippen molar-refractivity contribution in [3.05, 3.63) is 69.7 Å². The molecule has 0 unspecified atom stereocenters. The average molecular weight is 370 g/mol. The van der Waals surface area contributed by atoms with E-state index in [1.54, 1.807) is 4.68 Å². The van der Waals surface area contributed by atoms with E-state index in [4.69, 9.17) is 12.2 Å². The Morgan fingerprint density at radius 3 is 2.58 bits per heavy atom. The monoisotopic (exact) mass is 369 g/mol. The lowest BCUT2D eigenvalue weighted by molar-refractivity contribution is 0.828. The minimum Gasteiger partial charge on any atom is -0.211 e. The summed E-state index contributed by atoms with van der Waals surface area (Å²) in [5.74, 6) is 0. The van der Waals surface area contributed by atoms with Crippen molar-refractivity contribution in [3.63, 3.8) is 0 Å². The molecule has 3 rings (SSSR count). The van der Waals surface area contributed by atoms with Crippen LogP contribution in [0.4, 0.5) is 0 Å². The summed E-state index contributed by atoms with van der Waals surface area (Å²) in [6, 6.07) is 20.5. The number of hydrogen-bond donors (Lipinski definition) is 0. The van der Waals surface area contributed by atoms with E-state index in [1.165, 1.54) is 28.7 Å². The summed E-state index contributed by atoms with van der Waals surface area (Å²) in [6.07, 6.45) is 0.694. The van der Waals surface area contributed by atoms with E-state index in [9.17, 15) is 5.26 Å². The van der Waals surface area contributed by atoms with Gasteiger partial charge in [-0.25, -0.2) is 4.68 Å². The van der Waals surface area contributed by atoms with Gasteiger partial charge in [0.15, 0.2) is 8.29 Å². The molecule has 0 aliphatic rings. The number of para-hydroxylation sites is 1. The van der Waals surface area contributed by atoms with Crippen molar-refractivity contribution in [1.82, 2.24) is 9.78 Å². The summed E-state index contributed by atoms with van der Waals surface area (Å²) in [6.45, 7) is 2.06. The molecule has 3 nitrogen and oxygen atoms in total. The zero-order chi connectivity index (χ0) is 16.9. The van der Waals surface area contributed by atoms with Crippen LogP contribution in [0.15, 0.2) is 58.9 Å². The van der Waals surface area contributed by atoms with Gasteiger partial charge in [0.1, 0.15) is 5.25 Å². The maximum absolute atomic E-state index is 9.47. The van der Waals surface area contributed by atoms with Crippen molar-refractivity contribution < 1.29 is 0 Å². The summed E-state index contributed by atoms with van der Waals surface area (Å²) in [5.41, 5.74) is 3.32. The molecule has 0 aliphatic carbocycles. The summed E-state index contributed by atoms with van der Waals surface area (Å²) in [4.78, 5) is 0. The van der Waals surface area contributed by atoms with E-state index in [-0.39, 0.29) is 5.25 Å². The van der Waals surface area contributed by atoms with Gasteiger partial charge in [0.25, 0.3) is 0 Å². The third-order valence-electron chi connectivity index (χ3n) is 3.46. The topological polar surface area (TPSA) is 41.6 Å². The second-order valence-corrected chi connectivity index (χ2v) is 8.38. The molecular weight excluding hydrogens is 354 g/mol. The lowest BCUT2D eigenvalue weighted by atomic mass is 10.1. The fourth-order valence-corrected chi connectivity index (χ4v) is 4.74. The minimum atomic E-state index is -0.183. The molecular formula is C18H15N3S3. The van der Waals surface area contributed by atoms with Crippen LogP contribution in [-0.4, -0.2) is 15.0 Å². The van der Waals surface area contributed by atoms with Crippen LogP contribution in [-0.2, 0) is 6.42 Å². The highest BCUT2D eigenvalue weighted by atomic mass is 32.2. The SMILES string of the molecule is Cc1ccc(C[C@@H](C#N)Sc2nn(-c3ccccc3)c(=S)s2)cc1. The first kappa shape index (κ1) is 16.9. The van der Waals surface area contributed by atoms with Crippen molar-refractivity contribution in [2.75, 3.05) is 0 Å². The minimum absolute atomic E-state index is 0.183. The Hall–Kier alpha value is -1.94. The fraction of sp³-hybridized carbons (Fsp3) is 0.167. The van der Waals surface area contributed by atoms with Crippen LogP contribution < -0.4 is 0 Å². The molecule has 0 fully saturated rings. The predicted octanol–water partition coefficient (Wildman–Crippen LogP) is 5.20. The normalized spacial score (nSPS) is 11.8. The van der Waals surface area contributed by atoms with Gasteiger partial charge >= 0.3 is 0 Å². The van der Waals surface area contributed by atoms with E-state index in [1.807, 2.05) is 30.3 Å². The molecule has 6 heteroatoms. The highest BCUT2D eigenvalue weighted by Gasteiger charge is 2.15. The van der Waals surface area contributed by atoms with Gasteiger partial charge in [-0.1, -0.05) is 71.1 Å². The van der Waals surface area contributed by atoms with Crippen LogP contribution >= 0.6 is 35.3 Å². The van der Waals surface area contributed by atoms with Crippen molar-refractivity contribution >= 4 is 35.3 Å². The zero-order valence-electron chi connectivity index (χ0n) is 13.0. The Labute approximate surface area is 154 Å². The second-order valence-electron chi connectivity index (χ2n) is 5.31. The molecule has 0 aliphatic heterocycles. The number of nitriles is 1. The van der Waals surface area contributed by atoms with Crippen molar-refractivity contribution in [2.45, 2.75) is 22.9 Å². The smallest absolute Gasteiger partial charge is 0.184 e. The van der Waals surface area contributed by atoms with Gasteiger partial charge in [0, 0.05) is 0 Å². The van der Waals surface area contributed by atoms with Crippen LogP contribution in [0.25, 0.3) is 5.69 Å². The molecule has 3 aromatic rings. The highest BCUT2D eigenvalue weighted by Crippen LogP contribution is 2.29. The molecule has 2 aromatic carbocycles. The first-order valence-electron chi connectivity index (χ1n) is 7.43. The summed E-state index contributed by atoms with van der Waals surface area (Å²) >= 11 is 8.33. The number of thioether (sulfide) groups is 1. The Balaban J connectivity index is 1.76. The fourth-order valence-electron chi connectivity index (χ4n) is 2.21. The molecule has 1 heterocycles. The first-order valence-corrected chi connectivity index (χ1v) is 9.53. The maximum atomic E-state index is 9.47. The van der Waals surface area contributed by atoms with Crippen LogP contribution in [0.5, 0.6) is 0 Å². The average Bonchev–Trinajstić information content (AvgIpc) is 2.97. The maximum Gasteiger partial charge on any atom is 0.184 e. The molecule has 1 atom stereocenters. The molecule has 0 spiro atoms. The quantitative estimate of drug-likeness (QED) is 0.458. The summed E-state index contributed by atoms with van der Waals surface area (Å²) in [5, 5.41) is 13.9. The van der Waals surface area contributed by atoms with Gasteiger partial charge in [0.05, 0.1) is 11.8 Å². The van der Waals surface area contributed by atoms with Gasteiger partial charge < -0.3 is 0 Å². The molecule has 0 radical (unpaired) electrons. The number of aryl methyl sites for hydroxylation is 1. The van der Waals surface area contributed by atoms with Gasteiger partial charge in [0.2, 0.25) is 0 Å². The molecule has 24 heavy (non-hydrogen) atoms. The molecule has 0 saturated carbocycles. The number of rotatable bonds is 5. The van der Waals surface area contributed by atoms with E-state index >= 15 is 0 Å². The number of hydrogen-bond acceptors (Lipinski definition) is 5. The molecule has 120 valence electrons. The number of benzene rings is 2. The van der Waals surface area contributed by atoms with E-state index in [2.05, 4.69) is 42.4 Å². The number of nitrogens with zero attached hydrogens (tertiary/aromatic N) is 3. The van der Waals surface area contributed by atoms with Crippen LogP contribution in [0.3, 0.4) is 0 Å². The van der Waals surface area contributed by atoms with E-state index in [0.29, 0.717) is 10.4 Å². The lowest BCUT2D eigenvalue weighted by Crippen LogP contribution is -2.04. The molecule has 1 aromatic heterocycles. The van der Waals surface area contributed by atoms with Crippen molar-refractivity contribution in [1.29, 1.82) is 5.26 Å². The first-order chi connectivity index (χ1) is 11.7. The molecule has 0 N–H and O–H groups in total. The zero-order valence-corrected chi connectivity index (χ0v) is 15.5. The predicted molar refractivity (Wildman–Crippen MR) is 102 cm³/mol. The van der Waals surface area contributed by atoms with Crippen LogP contribution in [0, 0.1) is 22.2 Å². The lowest BCUT2D eigenvalue weighted by Gasteiger charge is -2.07. The standard InChI is InChI=1S/C18H15N3S3/c1-13-7-9-14(10-8-13)11-16(12-19)23-17-20-21(18(22)24-17)15-5-3-2-4-6-15/h2-10,16H,11H2,1H3/t16-/m0/s1. The third kappa shape index (κ3) is 4.12. The third-order valence-corrected chi connectivity index (χ3v) is 5.86. The van der Waals surface area contributed by atoms with Crippen LogP contribution in [0.2, 0.25) is 0 Å². The largest absolute Gasteiger partial charge is 0.211 e. The summed E-state index contributed by atoms with van der Waals surface area (Å²) < 4.78 is 3.26. The molecule has 0 saturated heterocycles. The molecule has 0 bridgehead atoms. The number of aromatic nitrogens is 2.